The molecule has 3 aromatic carbocycles. The summed E-state index contributed by atoms with van der Waals surface area (Å²) in [7, 11) is 0. The Kier molecular flexibility index (Phi) is 10.0. The predicted octanol–water partition coefficient (Wildman–Crippen LogP) is 9.98. The lowest BCUT2D eigenvalue weighted by Gasteiger charge is -2.27. The summed E-state index contributed by atoms with van der Waals surface area (Å²) in [6.45, 7) is 3.68. The van der Waals surface area contributed by atoms with Gasteiger partial charge in [-0.3, -0.25) is 4.39 Å². The average Bonchev–Trinajstić information content (AvgIpc) is 2.83. The summed E-state index contributed by atoms with van der Waals surface area (Å²) in [5, 5.41) is 0. The van der Waals surface area contributed by atoms with Crippen LogP contribution in [0.2, 0.25) is 0 Å². The molecule has 6 heteroatoms. The van der Waals surface area contributed by atoms with Gasteiger partial charge in [-0.15, -0.1) is 0 Å². The Morgan fingerprint density at radius 3 is 1.78 bits per heavy atom. The van der Waals surface area contributed by atoms with Crippen molar-refractivity contribution in [3.05, 3.63) is 83.2 Å². The zero-order valence-corrected chi connectivity index (χ0v) is 20.7. The van der Waals surface area contributed by atoms with Crippen molar-refractivity contribution in [1.82, 2.24) is 0 Å². The number of benzene rings is 3. The van der Waals surface area contributed by atoms with Crippen LogP contribution >= 0.6 is 0 Å². The topological polar surface area (TPSA) is 0 Å². The summed E-state index contributed by atoms with van der Waals surface area (Å²) in [6, 6.07) is 8.46. The minimum atomic E-state index is -0.961. The van der Waals surface area contributed by atoms with Crippen LogP contribution in [0.4, 0.5) is 26.3 Å². The third-order valence-corrected chi connectivity index (χ3v) is 6.93. The standard InChI is InChI=1S/C19H11F5.C11H21F/c1-10-2-3-11(6-15(10)21)19-17(23)7-12(8-18(19)24)14-5-4-13(20)9-16(14)22;1-2-3-10-4-6-11(7-5-10)8-9-12/h2-9H,1H3;10-11H,2-9H2,1H3. The first-order valence-electron chi connectivity index (χ1n) is 12.5. The molecule has 0 amide bonds. The van der Waals surface area contributed by atoms with Gasteiger partial charge in [-0.2, -0.15) is 0 Å². The molecule has 1 aliphatic carbocycles. The lowest BCUT2D eigenvalue weighted by molar-refractivity contribution is 0.238. The van der Waals surface area contributed by atoms with Crippen LogP contribution < -0.4 is 0 Å². The lowest BCUT2D eigenvalue weighted by atomic mass is 9.79. The van der Waals surface area contributed by atoms with E-state index < -0.39 is 34.6 Å². The predicted molar refractivity (Wildman–Crippen MR) is 133 cm³/mol. The molecule has 0 spiro atoms. The van der Waals surface area contributed by atoms with Crippen LogP contribution in [0.5, 0.6) is 0 Å². The molecule has 0 heterocycles. The molecule has 0 N–H and O–H groups in total. The van der Waals surface area contributed by atoms with Gasteiger partial charge in [0.1, 0.15) is 29.1 Å². The maximum Gasteiger partial charge on any atom is 0.134 e. The molecule has 0 atom stereocenters. The Labute approximate surface area is 209 Å². The number of halogens is 6. The molecule has 36 heavy (non-hydrogen) atoms. The molecule has 3 aromatic rings. The van der Waals surface area contributed by atoms with Crippen LogP contribution in [0.15, 0.2) is 48.5 Å². The fraction of sp³-hybridized carbons (Fsp3) is 0.400. The van der Waals surface area contributed by atoms with Gasteiger partial charge in [0.15, 0.2) is 0 Å². The van der Waals surface area contributed by atoms with Crippen LogP contribution in [0.1, 0.15) is 57.4 Å². The first-order valence-corrected chi connectivity index (χ1v) is 12.5. The van der Waals surface area contributed by atoms with Crippen LogP contribution in [0, 0.1) is 47.8 Å². The van der Waals surface area contributed by atoms with E-state index in [1.165, 1.54) is 57.6 Å². The Morgan fingerprint density at radius 2 is 1.25 bits per heavy atom. The van der Waals surface area contributed by atoms with Gasteiger partial charge >= 0.3 is 0 Å². The minimum Gasteiger partial charge on any atom is -0.251 e. The van der Waals surface area contributed by atoms with Gasteiger partial charge in [0, 0.05) is 11.6 Å². The van der Waals surface area contributed by atoms with Gasteiger partial charge in [-0.25, -0.2) is 22.0 Å². The molecule has 1 fully saturated rings. The van der Waals surface area contributed by atoms with E-state index in [0.717, 1.165) is 42.7 Å². The fourth-order valence-electron chi connectivity index (χ4n) is 4.85. The van der Waals surface area contributed by atoms with E-state index in [9.17, 15) is 26.3 Å². The largest absolute Gasteiger partial charge is 0.251 e. The highest BCUT2D eigenvalue weighted by Gasteiger charge is 2.20. The van der Waals surface area contributed by atoms with E-state index in [-0.39, 0.29) is 23.4 Å². The smallest absolute Gasteiger partial charge is 0.134 e. The normalized spacial score (nSPS) is 17.4. The minimum absolute atomic E-state index is 0.0410. The summed E-state index contributed by atoms with van der Waals surface area (Å²) < 4.78 is 81.1. The van der Waals surface area contributed by atoms with Crippen molar-refractivity contribution in [3.8, 4) is 22.3 Å². The zero-order chi connectivity index (χ0) is 26.2. The molecular formula is C30H32F6. The Hall–Kier alpha value is -2.76. The van der Waals surface area contributed by atoms with Crippen LogP contribution in [0.25, 0.3) is 22.3 Å². The van der Waals surface area contributed by atoms with Crippen molar-refractivity contribution < 1.29 is 26.3 Å². The molecule has 0 saturated heterocycles. The maximum absolute atomic E-state index is 14.4. The van der Waals surface area contributed by atoms with E-state index in [4.69, 9.17) is 0 Å². The van der Waals surface area contributed by atoms with E-state index in [1.807, 2.05) is 0 Å². The lowest BCUT2D eigenvalue weighted by Crippen LogP contribution is -2.14. The second-order valence-corrected chi connectivity index (χ2v) is 9.56. The van der Waals surface area contributed by atoms with Crippen molar-refractivity contribution in [2.75, 3.05) is 6.67 Å². The second-order valence-electron chi connectivity index (χ2n) is 9.56. The number of hydrogen-bond acceptors (Lipinski definition) is 0. The summed E-state index contributed by atoms with van der Waals surface area (Å²) in [5.41, 5.74) is -0.210. The summed E-state index contributed by atoms with van der Waals surface area (Å²) in [6.07, 6.45) is 8.82. The van der Waals surface area contributed by atoms with Crippen LogP contribution in [0.3, 0.4) is 0 Å². The summed E-state index contributed by atoms with van der Waals surface area (Å²) >= 11 is 0. The molecule has 4 rings (SSSR count). The van der Waals surface area contributed by atoms with Crippen molar-refractivity contribution in [2.24, 2.45) is 11.8 Å². The Balaban J connectivity index is 0.000000253. The van der Waals surface area contributed by atoms with Crippen molar-refractivity contribution >= 4 is 0 Å². The third-order valence-electron chi connectivity index (χ3n) is 6.93. The number of hydrogen-bond donors (Lipinski definition) is 0. The first kappa shape index (κ1) is 27.8. The van der Waals surface area contributed by atoms with Gasteiger partial charge in [0.2, 0.25) is 0 Å². The Bertz CT molecular complexity index is 1110. The molecular weight excluding hydrogens is 474 g/mol. The quantitative estimate of drug-likeness (QED) is 0.292. The first-order chi connectivity index (χ1) is 17.2. The monoisotopic (exact) mass is 506 g/mol. The molecule has 0 bridgehead atoms. The molecule has 0 aromatic heterocycles. The van der Waals surface area contributed by atoms with E-state index in [1.54, 1.807) is 0 Å². The Morgan fingerprint density at radius 1 is 0.667 bits per heavy atom. The van der Waals surface area contributed by atoms with E-state index in [2.05, 4.69) is 6.92 Å². The molecule has 1 aliphatic rings. The second kappa shape index (κ2) is 13.0. The number of rotatable bonds is 6. The SMILES string of the molecule is CCCC1CCC(CCF)CC1.Cc1ccc(-c2c(F)cc(-c3ccc(F)cc3F)cc2F)cc1F. The molecule has 0 unspecified atom stereocenters. The average molecular weight is 507 g/mol. The van der Waals surface area contributed by atoms with E-state index >= 15 is 0 Å². The fourth-order valence-corrected chi connectivity index (χ4v) is 4.85. The van der Waals surface area contributed by atoms with Crippen LogP contribution in [-0.2, 0) is 0 Å². The van der Waals surface area contributed by atoms with Crippen molar-refractivity contribution in [2.45, 2.75) is 58.8 Å². The number of alkyl halides is 1. The van der Waals surface area contributed by atoms with Crippen molar-refractivity contribution in [3.63, 3.8) is 0 Å². The molecule has 0 aliphatic heterocycles. The molecule has 1 saturated carbocycles. The van der Waals surface area contributed by atoms with Gasteiger partial charge in [-0.1, -0.05) is 57.6 Å². The number of aryl methyl sites for hydroxylation is 1. The third kappa shape index (κ3) is 7.14. The highest BCUT2D eigenvalue weighted by atomic mass is 19.2. The summed E-state index contributed by atoms with van der Waals surface area (Å²) in [4.78, 5) is 0. The highest BCUT2D eigenvalue weighted by molar-refractivity contribution is 5.72. The van der Waals surface area contributed by atoms with E-state index in [0.29, 0.717) is 17.5 Å². The molecule has 0 radical (unpaired) electrons. The maximum atomic E-state index is 14.4. The zero-order valence-electron chi connectivity index (χ0n) is 20.7. The highest BCUT2D eigenvalue weighted by Crippen LogP contribution is 2.34. The van der Waals surface area contributed by atoms with Gasteiger partial charge < -0.3 is 0 Å². The van der Waals surface area contributed by atoms with Gasteiger partial charge in [0.05, 0.1) is 12.2 Å². The van der Waals surface area contributed by atoms with Crippen molar-refractivity contribution in [1.29, 1.82) is 0 Å². The summed E-state index contributed by atoms with van der Waals surface area (Å²) in [5.74, 6) is -2.55. The molecule has 0 nitrogen and oxygen atoms in total. The molecule has 194 valence electrons. The van der Waals surface area contributed by atoms with Crippen LogP contribution in [-0.4, -0.2) is 6.67 Å². The van der Waals surface area contributed by atoms with Gasteiger partial charge in [-0.05, 0) is 72.2 Å². The van der Waals surface area contributed by atoms with Gasteiger partial charge in [0.25, 0.3) is 0 Å².